The van der Waals surface area contributed by atoms with Crippen molar-refractivity contribution in [2.75, 3.05) is 18.8 Å². The summed E-state index contributed by atoms with van der Waals surface area (Å²) in [7, 11) is 0. The Hall–Kier alpha value is -2.75. The Kier molecular flexibility index (Phi) is 2.85. The third-order valence-electron chi connectivity index (χ3n) is 4.51. The lowest BCUT2D eigenvalue weighted by Gasteiger charge is -2.05. The molecule has 1 unspecified atom stereocenters. The first kappa shape index (κ1) is 14.6. The Labute approximate surface area is 139 Å². The van der Waals surface area contributed by atoms with Gasteiger partial charge in [-0.25, -0.2) is 9.97 Å². The number of hydrogen-bond acceptors (Lipinski definition) is 7. The highest BCUT2D eigenvalue weighted by Crippen LogP contribution is 2.45. The Bertz CT molecular complexity index is 999. The molecule has 0 spiro atoms. The maximum absolute atomic E-state index is 13.4. The van der Waals surface area contributed by atoms with Crippen LogP contribution < -0.4 is 20.5 Å². The van der Waals surface area contributed by atoms with Crippen LogP contribution in [0.1, 0.15) is 12.2 Å². The summed E-state index contributed by atoms with van der Waals surface area (Å²) in [6.07, 6.45) is -1.93. The number of nitrogens with zero attached hydrogens (tertiary/aromatic N) is 4. The van der Waals surface area contributed by atoms with E-state index in [0.717, 1.165) is 25.9 Å². The van der Waals surface area contributed by atoms with Crippen LogP contribution in [0.5, 0.6) is 11.5 Å². The molecular formula is C15H14F2N6O2. The van der Waals surface area contributed by atoms with Crippen LogP contribution in [0.2, 0.25) is 0 Å². The largest absolute Gasteiger partial charge is 0.586 e. The third-order valence-corrected chi connectivity index (χ3v) is 4.51. The second kappa shape index (κ2) is 4.88. The normalized spacial score (nSPS) is 21.4. The molecular weight excluding hydrogens is 334 g/mol. The number of anilines is 1. The molecule has 4 heterocycles. The molecule has 3 aromatic rings. The van der Waals surface area contributed by atoms with Gasteiger partial charge in [0.25, 0.3) is 0 Å². The number of nitrogens with one attached hydrogen (secondary N) is 1. The van der Waals surface area contributed by atoms with E-state index in [1.165, 1.54) is 10.6 Å². The molecule has 5 rings (SSSR count). The Morgan fingerprint density at radius 2 is 2.20 bits per heavy atom. The van der Waals surface area contributed by atoms with Gasteiger partial charge in [-0.05, 0) is 37.6 Å². The summed E-state index contributed by atoms with van der Waals surface area (Å²) in [6.45, 7) is 1.92. The lowest BCUT2D eigenvalue weighted by Crippen LogP contribution is -2.26. The second-order valence-corrected chi connectivity index (χ2v) is 6.25. The molecule has 1 atom stereocenters. The fraction of sp³-hybridized carbons (Fsp3) is 0.400. The van der Waals surface area contributed by atoms with Crippen LogP contribution in [0.3, 0.4) is 0 Å². The monoisotopic (exact) mass is 348 g/mol. The van der Waals surface area contributed by atoms with Gasteiger partial charge in [0.1, 0.15) is 5.52 Å². The number of alkyl halides is 2. The van der Waals surface area contributed by atoms with E-state index in [0.29, 0.717) is 22.8 Å². The first-order valence-electron chi connectivity index (χ1n) is 7.94. The SMILES string of the molecule is Nc1nc2c3c(ccc2c2nc(CC4CCNC4)nn12)OC(F)(F)O3. The molecule has 0 aliphatic carbocycles. The van der Waals surface area contributed by atoms with Gasteiger partial charge >= 0.3 is 6.29 Å². The third kappa shape index (κ3) is 2.24. The van der Waals surface area contributed by atoms with Crippen LogP contribution in [-0.4, -0.2) is 39.0 Å². The number of ether oxygens (including phenoxy) is 2. The molecule has 1 saturated heterocycles. The van der Waals surface area contributed by atoms with Crippen LogP contribution in [0.25, 0.3) is 16.6 Å². The summed E-state index contributed by atoms with van der Waals surface area (Å²) in [5, 5.41) is 8.25. The topological polar surface area (TPSA) is 99.6 Å². The van der Waals surface area contributed by atoms with Crippen molar-refractivity contribution in [2.24, 2.45) is 5.92 Å². The van der Waals surface area contributed by atoms with E-state index < -0.39 is 6.29 Å². The van der Waals surface area contributed by atoms with E-state index in [4.69, 9.17) is 5.73 Å². The highest BCUT2D eigenvalue weighted by molar-refractivity contribution is 5.97. The molecule has 0 radical (unpaired) electrons. The summed E-state index contributed by atoms with van der Waals surface area (Å²) >= 11 is 0. The standard InChI is InChI=1S/C15H14F2N6O2/c16-15(17)24-9-2-1-8-11(12(9)25-15)21-14(18)23-13(8)20-10(22-23)5-7-3-4-19-6-7/h1-2,7,19H,3-6H2,(H2,18,21). The number of halogens is 2. The Morgan fingerprint density at radius 3 is 3.00 bits per heavy atom. The minimum absolute atomic E-state index is 0.0537. The minimum Gasteiger partial charge on any atom is -0.395 e. The maximum Gasteiger partial charge on any atom is 0.586 e. The summed E-state index contributed by atoms with van der Waals surface area (Å²) in [5.74, 6) is 0.958. The fourth-order valence-corrected chi connectivity index (χ4v) is 3.37. The van der Waals surface area contributed by atoms with Crippen LogP contribution in [-0.2, 0) is 6.42 Å². The van der Waals surface area contributed by atoms with Crippen molar-refractivity contribution in [2.45, 2.75) is 19.1 Å². The molecule has 2 aliphatic rings. The first-order chi connectivity index (χ1) is 12.0. The summed E-state index contributed by atoms with van der Waals surface area (Å²) in [4.78, 5) is 8.72. The van der Waals surface area contributed by atoms with Gasteiger partial charge in [0.2, 0.25) is 5.95 Å². The van der Waals surface area contributed by atoms with E-state index >= 15 is 0 Å². The predicted octanol–water partition coefficient (Wildman–Crippen LogP) is 1.33. The first-order valence-corrected chi connectivity index (χ1v) is 7.94. The van der Waals surface area contributed by atoms with E-state index in [1.807, 2.05) is 0 Å². The summed E-state index contributed by atoms with van der Waals surface area (Å²) in [6, 6.07) is 3.02. The zero-order valence-corrected chi connectivity index (χ0v) is 13.0. The molecule has 1 aromatic carbocycles. The van der Waals surface area contributed by atoms with Gasteiger partial charge in [-0.2, -0.15) is 4.52 Å². The molecule has 10 heteroatoms. The fourth-order valence-electron chi connectivity index (χ4n) is 3.37. The van der Waals surface area contributed by atoms with E-state index in [9.17, 15) is 8.78 Å². The van der Waals surface area contributed by atoms with Gasteiger partial charge in [0, 0.05) is 11.8 Å². The zero-order valence-electron chi connectivity index (χ0n) is 13.0. The van der Waals surface area contributed by atoms with Crippen LogP contribution in [0.15, 0.2) is 12.1 Å². The molecule has 2 aliphatic heterocycles. The van der Waals surface area contributed by atoms with Crippen molar-refractivity contribution in [1.82, 2.24) is 24.9 Å². The van der Waals surface area contributed by atoms with Crippen LogP contribution in [0, 0.1) is 5.92 Å². The number of rotatable bonds is 2. The highest BCUT2D eigenvalue weighted by Gasteiger charge is 2.44. The molecule has 8 nitrogen and oxygen atoms in total. The number of fused-ring (bicyclic) bond motifs is 5. The Morgan fingerprint density at radius 1 is 1.32 bits per heavy atom. The van der Waals surface area contributed by atoms with Crippen molar-refractivity contribution in [3.63, 3.8) is 0 Å². The average molecular weight is 348 g/mol. The molecule has 130 valence electrons. The van der Waals surface area contributed by atoms with Gasteiger partial charge < -0.3 is 20.5 Å². The highest BCUT2D eigenvalue weighted by atomic mass is 19.3. The van der Waals surface area contributed by atoms with Crippen molar-refractivity contribution < 1.29 is 18.3 Å². The molecule has 1 fully saturated rings. The van der Waals surface area contributed by atoms with Crippen molar-refractivity contribution in [3.8, 4) is 11.5 Å². The van der Waals surface area contributed by atoms with Crippen LogP contribution >= 0.6 is 0 Å². The van der Waals surface area contributed by atoms with Gasteiger partial charge in [-0.3, -0.25) is 0 Å². The Balaban J connectivity index is 1.66. The van der Waals surface area contributed by atoms with Crippen LogP contribution in [0.4, 0.5) is 14.7 Å². The smallest absolute Gasteiger partial charge is 0.395 e. The summed E-state index contributed by atoms with van der Waals surface area (Å²) < 4.78 is 37.2. The van der Waals surface area contributed by atoms with E-state index in [-0.39, 0.29) is 23.0 Å². The molecule has 0 saturated carbocycles. The predicted molar refractivity (Wildman–Crippen MR) is 83.6 cm³/mol. The minimum atomic E-state index is -3.71. The number of nitrogen functional groups attached to an aromatic ring is 1. The summed E-state index contributed by atoms with van der Waals surface area (Å²) in [5.41, 5.74) is 6.60. The molecule has 25 heavy (non-hydrogen) atoms. The maximum atomic E-state index is 13.4. The number of aromatic nitrogens is 4. The second-order valence-electron chi connectivity index (χ2n) is 6.25. The zero-order chi connectivity index (χ0) is 17.2. The quantitative estimate of drug-likeness (QED) is 0.721. The number of benzene rings is 1. The molecule has 0 amide bonds. The number of nitrogens with two attached hydrogens (primary N) is 1. The van der Waals surface area contributed by atoms with Crippen molar-refractivity contribution in [3.05, 3.63) is 18.0 Å². The van der Waals surface area contributed by atoms with Gasteiger partial charge in [-0.1, -0.05) is 0 Å². The molecule has 2 aromatic heterocycles. The van der Waals surface area contributed by atoms with Crippen molar-refractivity contribution in [1.29, 1.82) is 0 Å². The van der Waals surface area contributed by atoms with Gasteiger partial charge in [-0.15, -0.1) is 13.9 Å². The molecule has 0 bridgehead atoms. The van der Waals surface area contributed by atoms with Gasteiger partial charge in [0.05, 0.1) is 0 Å². The lowest BCUT2D eigenvalue weighted by atomic mass is 10.1. The lowest BCUT2D eigenvalue weighted by molar-refractivity contribution is -0.286. The average Bonchev–Trinajstić information content (AvgIpc) is 3.25. The number of hydrogen-bond donors (Lipinski definition) is 2. The molecule has 3 N–H and O–H groups in total. The van der Waals surface area contributed by atoms with E-state index in [1.54, 1.807) is 6.07 Å². The van der Waals surface area contributed by atoms with Gasteiger partial charge in [0.15, 0.2) is 23.0 Å². The van der Waals surface area contributed by atoms with E-state index in [2.05, 4.69) is 29.9 Å². The van der Waals surface area contributed by atoms with Crippen molar-refractivity contribution >= 4 is 22.5 Å².